The van der Waals surface area contributed by atoms with Crippen molar-refractivity contribution in [2.24, 2.45) is 0 Å². The second-order valence-electron chi connectivity index (χ2n) is 4.92. The third-order valence-electron chi connectivity index (χ3n) is 3.21. The lowest BCUT2D eigenvalue weighted by Crippen LogP contribution is -1.95. The molecule has 0 atom stereocenters. The van der Waals surface area contributed by atoms with E-state index >= 15 is 0 Å². The highest BCUT2D eigenvalue weighted by atomic mass is 19.3. The van der Waals surface area contributed by atoms with Crippen LogP contribution in [0.25, 0.3) is 11.6 Å². The average Bonchev–Trinajstić information content (AvgIpc) is 2.56. The minimum Gasteiger partial charge on any atom is -0.478 e. The lowest BCUT2D eigenvalue weighted by molar-refractivity contribution is 0.0697. The smallest absolute Gasteiger partial charge is 0.344 e. The number of benzene rings is 2. The van der Waals surface area contributed by atoms with Gasteiger partial charge < -0.3 is 9.84 Å². The van der Waals surface area contributed by atoms with Gasteiger partial charge in [0.25, 0.3) is 0 Å². The maximum Gasteiger partial charge on any atom is 0.344 e. The van der Waals surface area contributed by atoms with Crippen molar-refractivity contribution in [3.05, 3.63) is 77.3 Å². The molecular formula is C18H13F3O3. The first kappa shape index (κ1) is 17.3. The minimum atomic E-state index is -2.51. The molecular weight excluding hydrogens is 321 g/mol. The first-order valence-corrected chi connectivity index (χ1v) is 6.87. The molecule has 2 rings (SSSR count). The van der Waals surface area contributed by atoms with Crippen molar-refractivity contribution in [1.82, 2.24) is 0 Å². The van der Waals surface area contributed by atoms with E-state index in [9.17, 15) is 18.0 Å². The van der Waals surface area contributed by atoms with E-state index in [0.717, 1.165) is 16.7 Å². The van der Waals surface area contributed by atoms with Gasteiger partial charge in [-0.1, -0.05) is 30.3 Å². The fraction of sp³-hybridized carbons (Fsp3) is 0.0556. The summed E-state index contributed by atoms with van der Waals surface area (Å²) in [6.07, 6.45) is -0.693. The molecule has 24 heavy (non-hydrogen) atoms. The molecule has 0 aliphatic rings. The summed E-state index contributed by atoms with van der Waals surface area (Å²) in [6, 6.07) is 10.4. The molecule has 0 aromatic heterocycles. The average molecular weight is 334 g/mol. The van der Waals surface area contributed by atoms with E-state index in [1.165, 1.54) is 24.3 Å². The van der Waals surface area contributed by atoms with E-state index in [2.05, 4.69) is 4.74 Å². The van der Waals surface area contributed by atoms with E-state index < -0.39 is 18.1 Å². The molecule has 0 amide bonds. The number of rotatable bonds is 5. The Morgan fingerprint density at radius 2 is 1.50 bits per heavy atom. The summed E-state index contributed by atoms with van der Waals surface area (Å²) in [7, 11) is 0. The van der Waals surface area contributed by atoms with E-state index in [-0.39, 0.29) is 11.3 Å². The van der Waals surface area contributed by atoms with Crippen molar-refractivity contribution in [3.63, 3.8) is 0 Å². The van der Waals surface area contributed by atoms with Crippen LogP contribution < -0.4 is 4.74 Å². The lowest BCUT2D eigenvalue weighted by atomic mass is 10.0. The van der Waals surface area contributed by atoms with Gasteiger partial charge in [0.05, 0.1) is 5.56 Å². The van der Waals surface area contributed by atoms with Crippen LogP contribution in [-0.4, -0.2) is 11.1 Å². The molecule has 0 saturated carbocycles. The summed E-state index contributed by atoms with van der Waals surface area (Å²) < 4.78 is 41.0. The number of carbonyl (C=O) groups is 1. The number of hydrogen-bond acceptors (Lipinski definition) is 2. The standard InChI is InChI=1S/C18H13F3O3/c1-11(13-4-6-14(7-5-13)18(22)23)10-12-2-8-15(9-3-12)24-17(21)16(19)20/h2-10H,1H3,(H,22,23). The second-order valence-corrected chi connectivity index (χ2v) is 4.92. The molecule has 2 aromatic carbocycles. The molecule has 6 heteroatoms. The summed E-state index contributed by atoms with van der Waals surface area (Å²) in [5.74, 6) is -1.04. The number of ether oxygens (including phenoxy) is 1. The van der Waals surface area contributed by atoms with Gasteiger partial charge in [0.2, 0.25) is 0 Å². The van der Waals surface area contributed by atoms with Crippen LogP contribution in [0, 0.1) is 0 Å². The zero-order chi connectivity index (χ0) is 17.7. The van der Waals surface area contributed by atoms with Crippen LogP contribution >= 0.6 is 0 Å². The van der Waals surface area contributed by atoms with Crippen molar-refractivity contribution >= 4 is 17.6 Å². The van der Waals surface area contributed by atoms with Crippen LogP contribution in [0.5, 0.6) is 5.75 Å². The van der Waals surface area contributed by atoms with Crippen LogP contribution in [0.3, 0.4) is 0 Å². The quantitative estimate of drug-likeness (QED) is 0.591. The molecule has 1 N–H and O–H groups in total. The van der Waals surface area contributed by atoms with Crippen LogP contribution in [0.4, 0.5) is 13.2 Å². The Balaban J connectivity index is 2.15. The Kier molecular flexibility index (Phi) is 5.42. The monoisotopic (exact) mass is 334 g/mol. The third kappa shape index (κ3) is 4.49. The summed E-state index contributed by atoms with van der Waals surface area (Å²) in [6.45, 7) is 1.85. The van der Waals surface area contributed by atoms with Gasteiger partial charge in [-0.15, -0.1) is 0 Å². The van der Waals surface area contributed by atoms with Crippen LogP contribution in [0.1, 0.15) is 28.4 Å². The number of allylic oxidation sites excluding steroid dienone is 1. The summed E-state index contributed by atoms with van der Waals surface area (Å²) in [5, 5.41) is 8.87. The topological polar surface area (TPSA) is 46.5 Å². The van der Waals surface area contributed by atoms with Crippen molar-refractivity contribution in [3.8, 4) is 5.75 Å². The van der Waals surface area contributed by atoms with E-state index in [4.69, 9.17) is 5.11 Å². The van der Waals surface area contributed by atoms with Crippen molar-refractivity contribution < 1.29 is 27.8 Å². The third-order valence-corrected chi connectivity index (χ3v) is 3.21. The fourth-order valence-corrected chi connectivity index (χ4v) is 1.98. The van der Waals surface area contributed by atoms with Gasteiger partial charge in [0, 0.05) is 0 Å². The maximum atomic E-state index is 12.7. The number of hydrogen-bond donors (Lipinski definition) is 1. The minimum absolute atomic E-state index is 0.0408. The molecule has 2 aromatic rings. The Labute approximate surface area is 136 Å². The van der Waals surface area contributed by atoms with Gasteiger partial charge in [-0.3, -0.25) is 0 Å². The molecule has 0 fully saturated rings. The Morgan fingerprint density at radius 3 is 2.00 bits per heavy atom. The van der Waals surface area contributed by atoms with Crippen molar-refractivity contribution in [1.29, 1.82) is 0 Å². The van der Waals surface area contributed by atoms with Crippen LogP contribution in [0.2, 0.25) is 0 Å². The normalized spacial score (nSPS) is 11.1. The van der Waals surface area contributed by atoms with Crippen molar-refractivity contribution in [2.75, 3.05) is 0 Å². The maximum absolute atomic E-state index is 12.7. The summed E-state index contributed by atoms with van der Waals surface area (Å²) in [5.41, 5.74) is 2.67. The fourth-order valence-electron chi connectivity index (χ4n) is 1.98. The molecule has 0 heterocycles. The first-order chi connectivity index (χ1) is 11.4. The highest BCUT2D eigenvalue weighted by Crippen LogP contribution is 2.22. The van der Waals surface area contributed by atoms with Crippen LogP contribution in [-0.2, 0) is 0 Å². The largest absolute Gasteiger partial charge is 0.478 e. The number of aromatic carboxylic acids is 1. The molecule has 0 aliphatic heterocycles. The van der Waals surface area contributed by atoms with Gasteiger partial charge >= 0.3 is 18.1 Å². The highest BCUT2D eigenvalue weighted by Gasteiger charge is 2.07. The molecule has 0 radical (unpaired) electrons. The van der Waals surface area contributed by atoms with Gasteiger partial charge in [-0.25, -0.2) is 4.79 Å². The highest BCUT2D eigenvalue weighted by molar-refractivity contribution is 5.88. The molecule has 0 spiro atoms. The second kappa shape index (κ2) is 7.50. The molecule has 0 bridgehead atoms. The molecule has 0 unspecified atom stereocenters. The predicted octanol–water partition coefficient (Wildman–Crippen LogP) is 5.36. The SMILES string of the molecule is CC(=Cc1ccc(OC(F)=C(F)F)cc1)c1ccc(C(=O)O)cc1. The van der Waals surface area contributed by atoms with Gasteiger partial charge in [-0.05, 0) is 47.9 Å². The van der Waals surface area contributed by atoms with Gasteiger partial charge in [0.15, 0.2) is 0 Å². The molecule has 0 aliphatic carbocycles. The van der Waals surface area contributed by atoms with Crippen LogP contribution in [0.15, 0.2) is 60.6 Å². The Bertz CT molecular complexity index is 787. The van der Waals surface area contributed by atoms with E-state index in [1.54, 1.807) is 24.3 Å². The summed E-state index contributed by atoms with van der Waals surface area (Å²) >= 11 is 0. The Morgan fingerprint density at radius 1 is 0.958 bits per heavy atom. The zero-order valence-electron chi connectivity index (χ0n) is 12.6. The van der Waals surface area contributed by atoms with E-state index in [1.807, 2.05) is 13.0 Å². The molecule has 0 saturated heterocycles. The number of carboxylic acids is 1. The van der Waals surface area contributed by atoms with Gasteiger partial charge in [0.1, 0.15) is 5.75 Å². The molecule has 124 valence electrons. The first-order valence-electron chi connectivity index (χ1n) is 6.87. The Hall–Kier alpha value is -3.02. The van der Waals surface area contributed by atoms with Gasteiger partial charge in [-0.2, -0.15) is 13.2 Å². The zero-order valence-corrected chi connectivity index (χ0v) is 12.6. The van der Waals surface area contributed by atoms with E-state index in [0.29, 0.717) is 0 Å². The summed E-state index contributed by atoms with van der Waals surface area (Å²) in [4.78, 5) is 10.8. The molecule has 3 nitrogen and oxygen atoms in total. The number of halogens is 3. The number of carboxylic acid groups (broad SMARTS) is 1. The van der Waals surface area contributed by atoms with Crippen molar-refractivity contribution in [2.45, 2.75) is 6.92 Å². The lowest BCUT2D eigenvalue weighted by Gasteiger charge is -2.05. The predicted molar refractivity (Wildman–Crippen MR) is 84.4 cm³/mol.